The molecule has 1 spiro atoms. The lowest BCUT2D eigenvalue weighted by Crippen LogP contribution is -2.55. The maximum Gasteiger partial charge on any atom is 0.418 e. The zero-order chi connectivity index (χ0) is 22.7. The highest BCUT2D eigenvalue weighted by molar-refractivity contribution is 5.93. The van der Waals surface area contributed by atoms with Gasteiger partial charge in [-0.2, -0.15) is 13.2 Å². The molecule has 1 saturated carbocycles. The molecule has 6 nitrogen and oxygen atoms in total. The molecule has 5 rings (SSSR count). The van der Waals surface area contributed by atoms with E-state index >= 15 is 0 Å². The summed E-state index contributed by atoms with van der Waals surface area (Å²) in [6.07, 6.45) is -2.07. The third-order valence-corrected chi connectivity index (χ3v) is 6.84. The van der Waals surface area contributed by atoms with Gasteiger partial charge < -0.3 is 19.9 Å². The van der Waals surface area contributed by atoms with Crippen molar-refractivity contribution in [3.63, 3.8) is 0 Å². The third-order valence-electron chi connectivity index (χ3n) is 6.84. The summed E-state index contributed by atoms with van der Waals surface area (Å²) in [5.41, 5.74) is -0.245. The molecule has 0 bridgehead atoms. The normalized spacial score (nSPS) is 27.5. The molecule has 1 amide bonds. The van der Waals surface area contributed by atoms with Crippen LogP contribution in [0.25, 0.3) is 10.9 Å². The molecule has 0 radical (unpaired) electrons. The fraction of sp³-hybridized carbons (Fsp3) is 0.565. The average molecular weight is 446 g/mol. The molecule has 1 aromatic carbocycles. The molecular weight excluding hydrogens is 421 g/mol. The number of fused-ring (bicyclic) bond motifs is 1. The van der Waals surface area contributed by atoms with Gasteiger partial charge in [-0.3, -0.25) is 4.79 Å². The van der Waals surface area contributed by atoms with Gasteiger partial charge in [0.25, 0.3) is 5.91 Å². The second-order valence-electron chi connectivity index (χ2n) is 9.34. The van der Waals surface area contributed by atoms with Crippen molar-refractivity contribution < 1.29 is 22.7 Å². The van der Waals surface area contributed by atoms with Crippen LogP contribution in [0, 0.1) is 17.5 Å². The van der Waals surface area contributed by atoms with Crippen LogP contribution in [-0.2, 0) is 15.7 Å². The van der Waals surface area contributed by atoms with Crippen molar-refractivity contribution in [2.24, 2.45) is 5.41 Å². The first-order valence-corrected chi connectivity index (χ1v) is 10.8. The van der Waals surface area contributed by atoms with E-state index in [2.05, 4.69) is 34.4 Å². The molecule has 32 heavy (non-hydrogen) atoms. The summed E-state index contributed by atoms with van der Waals surface area (Å²) in [6, 6.07) is 8.03. The number of carbonyl (C=O) groups excluding carboxylic acids is 1. The van der Waals surface area contributed by atoms with E-state index in [0.717, 1.165) is 32.0 Å². The summed E-state index contributed by atoms with van der Waals surface area (Å²) in [5.74, 6) is -0.169. The summed E-state index contributed by atoms with van der Waals surface area (Å²) in [7, 11) is 2.06. The number of rotatable bonds is 3. The highest BCUT2D eigenvalue weighted by Gasteiger charge is 2.55. The summed E-state index contributed by atoms with van der Waals surface area (Å²) < 4.78 is 46.3. The number of halogens is 3. The Hall–Kier alpha value is -2.57. The molecule has 9 heteroatoms. The van der Waals surface area contributed by atoms with Gasteiger partial charge >= 0.3 is 6.18 Å². The predicted molar refractivity (Wildman–Crippen MR) is 112 cm³/mol. The number of amides is 1. The second-order valence-corrected chi connectivity index (χ2v) is 9.34. The Bertz CT molecular complexity index is 1040. The predicted octanol–water partition coefficient (Wildman–Crippen LogP) is 2.66. The monoisotopic (exact) mass is 446 g/mol. The molecule has 2 aromatic rings. The standard InChI is InChI=1S/C23H25F3N4O2/c1-14-10-30(17-6-5-16(23(24,25)26)20-15(17)4-3-9-27-20)11-18(32-14)21(31)28-19-12-29(2)13-22(19)7-8-22/h5-6,9,14,18-19H,7-8,10-13H2,1-2H3,(H,28,31)/t14-,18-,19?/m1/s1. The number of aromatic nitrogens is 1. The topological polar surface area (TPSA) is 57.7 Å². The van der Waals surface area contributed by atoms with Crippen LogP contribution >= 0.6 is 0 Å². The van der Waals surface area contributed by atoms with E-state index in [0.29, 0.717) is 12.2 Å². The van der Waals surface area contributed by atoms with Gasteiger partial charge in [0.05, 0.1) is 41.0 Å². The second kappa shape index (κ2) is 7.49. The van der Waals surface area contributed by atoms with E-state index < -0.39 is 17.8 Å². The number of likely N-dealkylation sites (tertiary alicyclic amines) is 1. The lowest BCUT2D eigenvalue weighted by molar-refractivity contribution is -0.138. The maximum absolute atomic E-state index is 13.5. The minimum absolute atomic E-state index is 0.105. The molecule has 3 aliphatic rings. The molecule has 1 unspecified atom stereocenters. The highest BCUT2D eigenvalue weighted by Crippen LogP contribution is 2.52. The molecule has 170 valence electrons. The van der Waals surface area contributed by atoms with Crippen LogP contribution in [0.3, 0.4) is 0 Å². The Morgan fingerprint density at radius 2 is 2.06 bits per heavy atom. The van der Waals surface area contributed by atoms with E-state index in [1.54, 1.807) is 0 Å². The number of alkyl halides is 3. The van der Waals surface area contributed by atoms with E-state index in [4.69, 9.17) is 4.74 Å². The lowest BCUT2D eigenvalue weighted by Gasteiger charge is -2.38. The Morgan fingerprint density at radius 1 is 1.28 bits per heavy atom. The smallest absolute Gasteiger partial charge is 0.365 e. The molecule has 3 fully saturated rings. The minimum Gasteiger partial charge on any atom is -0.365 e. The van der Waals surface area contributed by atoms with Crippen LogP contribution in [-0.4, -0.2) is 67.3 Å². The number of morpholine rings is 1. The number of hydrogen-bond donors (Lipinski definition) is 1. The van der Waals surface area contributed by atoms with Gasteiger partial charge in [-0.25, -0.2) is 4.98 Å². The lowest BCUT2D eigenvalue weighted by atomic mass is 10.0. The van der Waals surface area contributed by atoms with Crippen LogP contribution in [0.15, 0.2) is 18.3 Å². The summed E-state index contributed by atoms with van der Waals surface area (Å²) in [5, 5.41) is 3.42. The third kappa shape index (κ3) is 3.76. The first-order valence-electron chi connectivity index (χ1n) is 10.8. The van der Waals surface area contributed by atoms with Gasteiger partial charge in [0.1, 0.15) is 0 Å². The zero-order valence-corrected chi connectivity index (χ0v) is 18.0. The molecule has 1 N–H and O–H groups in total. The fourth-order valence-corrected chi connectivity index (χ4v) is 5.17. The van der Waals surface area contributed by atoms with Gasteiger partial charge in [-0.1, -0.05) is 6.07 Å². The molecule has 3 atom stereocenters. The maximum atomic E-state index is 13.5. The van der Waals surface area contributed by atoms with Gasteiger partial charge in [-0.05, 0) is 45.0 Å². The van der Waals surface area contributed by atoms with Gasteiger partial charge in [0.15, 0.2) is 6.10 Å². The molecule has 3 heterocycles. The first kappa shape index (κ1) is 21.3. The van der Waals surface area contributed by atoms with Crippen LogP contribution in [0.1, 0.15) is 25.3 Å². The average Bonchev–Trinajstić information content (AvgIpc) is 3.44. The molecule has 2 saturated heterocycles. The summed E-state index contributed by atoms with van der Waals surface area (Å²) >= 11 is 0. The van der Waals surface area contributed by atoms with Crippen LogP contribution in [0.4, 0.5) is 18.9 Å². The number of hydrogen-bond acceptors (Lipinski definition) is 5. The number of ether oxygens (including phenoxy) is 1. The Kier molecular flexibility index (Phi) is 4.98. The number of anilines is 1. The van der Waals surface area contributed by atoms with Crippen molar-refractivity contribution in [2.45, 2.75) is 44.2 Å². The van der Waals surface area contributed by atoms with Crippen molar-refractivity contribution in [1.29, 1.82) is 0 Å². The number of likely N-dealkylation sites (N-methyl/N-ethyl adjacent to an activating group) is 1. The Labute approximate surface area is 184 Å². The van der Waals surface area contributed by atoms with Crippen molar-refractivity contribution >= 4 is 22.5 Å². The Balaban J connectivity index is 1.39. The van der Waals surface area contributed by atoms with E-state index in [1.807, 2.05) is 11.8 Å². The fourth-order valence-electron chi connectivity index (χ4n) is 5.17. The molecular formula is C23H25F3N4O2. The van der Waals surface area contributed by atoms with Crippen LogP contribution in [0.2, 0.25) is 0 Å². The molecule has 1 aromatic heterocycles. The largest absolute Gasteiger partial charge is 0.418 e. The Morgan fingerprint density at radius 3 is 2.78 bits per heavy atom. The first-order chi connectivity index (χ1) is 15.2. The van der Waals surface area contributed by atoms with Crippen molar-refractivity contribution in [3.8, 4) is 0 Å². The molecule has 2 aliphatic heterocycles. The van der Waals surface area contributed by atoms with Gasteiger partial charge in [0, 0.05) is 31.1 Å². The minimum atomic E-state index is -4.52. The molecule has 1 aliphatic carbocycles. The van der Waals surface area contributed by atoms with Crippen LogP contribution < -0.4 is 10.2 Å². The van der Waals surface area contributed by atoms with Gasteiger partial charge in [-0.15, -0.1) is 0 Å². The van der Waals surface area contributed by atoms with E-state index in [9.17, 15) is 18.0 Å². The highest BCUT2D eigenvalue weighted by atomic mass is 19.4. The van der Waals surface area contributed by atoms with Crippen molar-refractivity contribution in [2.75, 3.05) is 38.1 Å². The summed E-state index contributed by atoms with van der Waals surface area (Å²) in [4.78, 5) is 21.1. The van der Waals surface area contributed by atoms with Gasteiger partial charge in [0.2, 0.25) is 0 Å². The summed E-state index contributed by atoms with van der Waals surface area (Å²) in [6.45, 7) is 4.36. The van der Waals surface area contributed by atoms with Crippen molar-refractivity contribution in [3.05, 3.63) is 36.0 Å². The number of nitrogens with one attached hydrogen (secondary N) is 1. The van der Waals surface area contributed by atoms with Crippen molar-refractivity contribution in [1.82, 2.24) is 15.2 Å². The number of carbonyl (C=O) groups is 1. The zero-order valence-electron chi connectivity index (χ0n) is 18.0. The van der Waals surface area contributed by atoms with E-state index in [-0.39, 0.29) is 40.9 Å². The quantitative estimate of drug-likeness (QED) is 0.786. The number of nitrogens with zero attached hydrogens (tertiary/aromatic N) is 3. The SMILES string of the molecule is C[C@@H]1CN(c2ccc(C(F)(F)F)c3ncc#cc23)C[C@H](C(=O)NC2CN(C)CC23CC3)O1. The van der Waals surface area contributed by atoms with Crippen LogP contribution in [0.5, 0.6) is 0 Å². The van der Waals surface area contributed by atoms with E-state index in [1.165, 1.54) is 12.3 Å². The number of benzene rings is 1.